The van der Waals surface area contributed by atoms with E-state index in [1.807, 2.05) is 12.1 Å². The van der Waals surface area contributed by atoms with Crippen molar-refractivity contribution >= 4 is 16.9 Å². The van der Waals surface area contributed by atoms with Crippen molar-refractivity contribution in [1.82, 2.24) is 4.98 Å². The lowest BCUT2D eigenvalue weighted by atomic mass is 9.90. The average Bonchev–Trinajstić information content (AvgIpc) is 2.74. The molecule has 0 amide bonds. The minimum atomic E-state index is -1.09. The first-order valence-corrected chi connectivity index (χ1v) is 10.3. The second-order valence-electron chi connectivity index (χ2n) is 7.90. The molecule has 0 bridgehead atoms. The Morgan fingerprint density at radius 2 is 1.61 bits per heavy atom. The van der Waals surface area contributed by atoms with E-state index in [0.29, 0.717) is 22.2 Å². The van der Waals surface area contributed by atoms with Crippen LogP contribution < -0.4 is 0 Å². The molecule has 0 radical (unpaired) electrons. The number of halogens is 1. The summed E-state index contributed by atoms with van der Waals surface area (Å²) >= 11 is 0. The zero-order valence-corrected chi connectivity index (χ0v) is 18.1. The van der Waals surface area contributed by atoms with Crippen molar-refractivity contribution in [2.45, 2.75) is 34.1 Å². The van der Waals surface area contributed by atoms with Crippen LogP contribution in [0.15, 0.2) is 54.6 Å². The maximum Gasteiger partial charge on any atom is 0.336 e. The number of aromatic nitrogens is 1. The van der Waals surface area contributed by atoms with E-state index in [-0.39, 0.29) is 5.56 Å². The molecule has 0 atom stereocenters. The van der Waals surface area contributed by atoms with Gasteiger partial charge in [-0.15, -0.1) is 0 Å². The van der Waals surface area contributed by atoms with Crippen molar-refractivity contribution in [3.05, 3.63) is 88.2 Å². The van der Waals surface area contributed by atoms with Gasteiger partial charge in [-0.3, -0.25) is 0 Å². The molecule has 0 saturated carbocycles. The van der Waals surface area contributed by atoms with Gasteiger partial charge in [0.1, 0.15) is 5.82 Å². The Labute approximate surface area is 181 Å². The fourth-order valence-corrected chi connectivity index (χ4v) is 4.40. The molecule has 4 heteroatoms. The van der Waals surface area contributed by atoms with Gasteiger partial charge in [-0.05, 0) is 78.8 Å². The summed E-state index contributed by atoms with van der Waals surface area (Å²) in [6.07, 6.45) is 0.982. The van der Waals surface area contributed by atoms with Crippen LogP contribution in [0.4, 0.5) is 4.39 Å². The Morgan fingerprint density at radius 3 is 2.26 bits per heavy atom. The molecule has 0 unspecified atom stereocenters. The van der Waals surface area contributed by atoms with E-state index < -0.39 is 11.8 Å². The predicted octanol–water partition coefficient (Wildman–Crippen LogP) is 6.89. The van der Waals surface area contributed by atoms with Crippen LogP contribution in [0.2, 0.25) is 0 Å². The fourth-order valence-electron chi connectivity index (χ4n) is 4.40. The number of carboxylic acids is 1. The number of carbonyl (C=O) groups is 1. The Kier molecular flexibility index (Phi) is 5.32. The van der Waals surface area contributed by atoms with Gasteiger partial charge >= 0.3 is 5.97 Å². The Bertz CT molecular complexity index is 1320. The van der Waals surface area contributed by atoms with Crippen LogP contribution in [0.25, 0.3) is 33.3 Å². The van der Waals surface area contributed by atoms with Gasteiger partial charge in [0.05, 0.1) is 16.8 Å². The molecule has 1 N–H and O–H groups in total. The molecule has 0 aliphatic carbocycles. The third-order valence-corrected chi connectivity index (χ3v) is 6.02. The van der Waals surface area contributed by atoms with E-state index in [9.17, 15) is 14.3 Å². The summed E-state index contributed by atoms with van der Waals surface area (Å²) < 4.78 is 13.7. The van der Waals surface area contributed by atoms with E-state index in [2.05, 4.69) is 50.0 Å². The number of hydrogen-bond donors (Lipinski definition) is 1. The molecule has 0 saturated heterocycles. The molecule has 1 aromatic heterocycles. The van der Waals surface area contributed by atoms with Crippen LogP contribution in [0, 0.1) is 26.6 Å². The number of fused-ring (bicyclic) bond motifs is 1. The number of aryl methyl sites for hydroxylation is 2. The van der Waals surface area contributed by atoms with Crippen molar-refractivity contribution < 1.29 is 14.3 Å². The SMILES string of the molecule is CCc1ccc(C)c(-c2ccc(-c3nc4ccc(F)cc4c(C(=O)O)c3C)cc2)c1C. The summed E-state index contributed by atoms with van der Waals surface area (Å²) in [6, 6.07) is 16.5. The van der Waals surface area contributed by atoms with Crippen LogP contribution in [-0.2, 0) is 6.42 Å². The molecule has 4 rings (SSSR count). The van der Waals surface area contributed by atoms with Gasteiger partial charge in [0.2, 0.25) is 0 Å². The summed E-state index contributed by atoms with van der Waals surface area (Å²) in [5, 5.41) is 10.1. The average molecular weight is 413 g/mol. The van der Waals surface area contributed by atoms with Gasteiger partial charge in [0.15, 0.2) is 0 Å². The highest BCUT2D eigenvalue weighted by atomic mass is 19.1. The molecule has 4 aromatic rings. The number of pyridine rings is 1. The molecular formula is C27H24FNO2. The zero-order valence-electron chi connectivity index (χ0n) is 18.1. The summed E-state index contributed by atoms with van der Waals surface area (Å²) in [5.41, 5.74) is 8.69. The van der Waals surface area contributed by atoms with Gasteiger partial charge in [0.25, 0.3) is 0 Å². The number of aromatic carboxylic acids is 1. The summed E-state index contributed by atoms with van der Waals surface area (Å²) in [7, 11) is 0. The number of benzene rings is 3. The molecular weight excluding hydrogens is 389 g/mol. The second-order valence-corrected chi connectivity index (χ2v) is 7.90. The van der Waals surface area contributed by atoms with Gasteiger partial charge in [0, 0.05) is 10.9 Å². The normalized spacial score (nSPS) is 11.1. The highest BCUT2D eigenvalue weighted by Gasteiger charge is 2.19. The van der Waals surface area contributed by atoms with Crippen LogP contribution in [0.3, 0.4) is 0 Å². The molecule has 0 aliphatic rings. The first-order chi connectivity index (χ1) is 14.8. The van der Waals surface area contributed by atoms with Crippen molar-refractivity contribution in [1.29, 1.82) is 0 Å². The van der Waals surface area contributed by atoms with Gasteiger partial charge < -0.3 is 5.11 Å². The van der Waals surface area contributed by atoms with E-state index in [0.717, 1.165) is 17.5 Å². The standard InChI is InChI=1S/C27H24FNO2/c1-5-18-7-6-15(2)24(16(18)3)19-8-10-20(11-9-19)26-17(4)25(27(30)31)22-14-21(28)12-13-23(22)29-26/h6-14H,5H2,1-4H3,(H,30,31). The highest BCUT2D eigenvalue weighted by Crippen LogP contribution is 2.34. The maximum atomic E-state index is 13.7. The molecule has 3 nitrogen and oxygen atoms in total. The second kappa shape index (κ2) is 7.95. The van der Waals surface area contributed by atoms with Crippen LogP contribution >= 0.6 is 0 Å². The molecule has 3 aromatic carbocycles. The quantitative estimate of drug-likeness (QED) is 0.396. The van der Waals surface area contributed by atoms with Crippen molar-refractivity contribution in [2.75, 3.05) is 0 Å². The van der Waals surface area contributed by atoms with E-state index in [1.165, 1.54) is 40.5 Å². The van der Waals surface area contributed by atoms with E-state index in [4.69, 9.17) is 0 Å². The number of carboxylic acid groups (broad SMARTS) is 1. The number of nitrogens with zero attached hydrogens (tertiary/aromatic N) is 1. The lowest BCUT2D eigenvalue weighted by molar-refractivity contribution is 0.0698. The molecule has 0 aliphatic heterocycles. The van der Waals surface area contributed by atoms with Crippen LogP contribution in [0.5, 0.6) is 0 Å². The first-order valence-electron chi connectivity index (χ1n) is 10.3. The molecule has 0 fully saturated rings. The predicted molar refractivity (Wildman–Crippen MR) is 123 cm³/mol. The largest absolute Gasteiger partial charge is 0.478 e. The van der Waals surface area contributed by atoms with Crippen LogP contribution in [0.1, 0.15) is 39.5 Å². The van der Waals surface area contributed by atoms with Crippen molar-refractivity contribution in [3.8, 4) is 22.4 Å². The van der Waals surface area contributed by atoms with Gasteiger partial charge in [-0.25, -0.2) is 14.2 Å². The lowest BCUT2D eigenvalue weighted by Crippen LogP contribution is -2.05. The monoisotopic (exact) mass is 413 g/mol. The maximum absolute atomic E-state index is 13.7. The summed E-state index contributed by atoms with van der Waals surface area (Å²) in [5.74, 6) is -1.57. The number of rotatable bonds is 4. The third-order valence-electron chi connectivity index (χ3n) is 6.02. The number of hydrogen-bond acceptors (Lipinski definition) is 2. The summed E-state index contributed by atoms with van der Waals surface area (Å²) in [4.78, 5) is 16.6. The minimum Gasteiger partial charge on any atom is -0.478 e. The Morgan fingerprint density at radius 1 is 0.935 bits per heavy atom. The van der Waals surface area contributed by atoms with Crippen LogP contribution in [-0.4, -0.2) is 16.1 Å². The summed E-state index contributed by atoms with van der Waals surface area (Å²) in [6.45, 7) is 8.15. The van der Waals surface area contributed by atoms with E-state index in [1.54, 1.807) is 6.92 Å². The lowest BCUT2D eigenvalue weighted by Gasteiger charge is -2.15. The molecule has 1 heterocycles. The van der Waals surface area contributed by atoms with Crippen molar-refractivity contribution in [3.63, 3.8) is 0 Å². The van der Waals surface area contributed by atoms with Crippen molar-refractivity contribution in [2.24, 2.45) is 0 Å². The van der Waals surface area contributed by atoms with E-state index >= 15 is 0 Å². The Balaban J connectivity index is 1.87. The third kappa shape index (κ3) is 3.59. The minimum absolute atomic E-state index is 0.0888. The van der Waals surface area contributed by atoms with Gasteiger partial charge in [-0.1, -0.05) is 43.3 Å². The zero-order chi connectivity index (χ0) is 22.3. The smallest absolute Gasteiger partial charge is 0.336 e. The topological polar surface area (TPSA) is 50.2 Å². The first kappa shape index (κ1) is 20.7. The molecule has 0 spiro atoms. The fraction of sp³-hybridized carbons (Fsp3) is 0.185. The highest BCUT2D eigenvalue weighted by molar-refractivity contribution is 6.05. The molecule has 156 valence electrons. The molecule has 31 heavy (non-hydrogen) atoms. The Hall–Kier alpha value is -3.53. The van der Waals surface area contributed by atoms with Gasteiger partial charge in [-0.2, -0.15) is 0 Å².